The van der Waals surface area contributed by atoms with Gasteiger partial charge in [-0.15, -0.1) is 11.3 Å². The molecule has 0 radical (unpaired) electrons. The van der Waals surface area contributed by atoms with Crippen molar-refractivity contribution in [2.24, 2.45) is 0 Å². The number of fused-ring (bicyclic) bond motifs is 1. The Hall–Kier alpha value is -0.810. The third-order valence-electron chi connectivity index (χ3n) is 4.18. The summed E-state index contributed by atoms with van der Waals surface area (Å²) in [5.74, 6) is 1.49. The van der Waals surface area contributed by atoms with Crippen molar-refractivity contribution in [3.8, 4) is 11.5 Å². The molecule has 1 saturated heterocycles. The van der Waals surface area contributed by atoms with E-state index < -0.39 is 10.0 Å². The molecule has 3 heterocycles. The van der Waals surface area contributed by atoms with E-state index in [0.29, 0.717) is 30.4 Å². The topological polar surface area (TPSA) is 59.1 Å². The average molecular weight is 510 g/mol. The number of rotatable bonds is 3. The highest BCUT2D eigenvalue weighted by Gasteiger charge is 2.30. The van der Waals surface area contributed by atoms with Gasteiger partial charge in [0.1, 0.15) is 4.21 Å². The molecule has 1 aromatic carbocycles. The van der Waals surface area contributed by atoms with Crippen LogP contribution in [0.1, 0.15) is 0 Å². The van der Waals surface area contributed by atoms with Crippen LogP contribution in [0.2, 0.25) is 0 Å². The Bertz CT molecular complexity index is 889. The molecule has 6 nitrogen and oxygen atoms in total. The fourth-order valence-corrected chi connectivity index (χ4v) is 7.25. The molecule has 1 fully saturated rings. The lowest BCUT2D eigenvalue weighted by Gasteiger charge is -2.35. The molecule has 0 bridgehead atoms. The number of halogens is 2. The summed E-state index contributed by atoms with van der Waals surface area (Å²) in [4.78, 5) is 2.16. The number of hydrogen-bond acceptors (Lipinski definition) is 6. The molecule has 2 aliphatic rings. The molecule has 10 heteroatoms. The van der Waals surface area contributed by atoms with Crippen molar-refractivity contribution in [3.05, 3.63) is 32.5 Å². The maximum absolute atomic E-state index is 12.8. The van der Waals surface area contributed by atoms with Gasteiger partial charge in [0.25, 0.3) is 10.0 Å². The standard InChI is InChI=1S/C15H14Br2N2O4S2/c16-11-8-14(24-15(11)17)25(20,21)19-5-3-18(4-6-19)10-1-2-12-13(7-10)23-9-22-12/h1-2,7-8H,3-6,9H2. The Morgan fingerprint density at radius 2 is 1.72 bits per heavy atom. The van der Waals surface area contributed by atoms with Gasteiger partial charge >= 0.3 is 0 Å². The van der Waals surface area contributed by atoms with E-state index in [-0.39, 0.29) is 6.79 Å². The van der Waals surface area contributed by atoms with Crippen molar-refractivity contribution in [1.29, 1.82) is 0 Å². The molecule has 0 spiro atoms. The van der Waals surface area contributed by atoms with Gasteiger partial charge in [0.2, 0.25) is 6.79 Å². The number of thiophene rings is 1. The number of piperazine rings is 1. The van der Waals surface area contributed by atoms with Crippen molar-refractivity contribution in [1.82, 2.24) is 4.31 Å². The summed E-state index contributed by atoms with van der Waals surface area (Å²) in [7, 11) is -3.46. The maximum Gasteiger partial charge on any atom is 0.252 e. The van der Waals surface area contributed by atoms with Crippen molar-refractivity contribution < 1.29 is 17.9 Å². The second-order valence-corrected chi connectivity index (χ2v) is 11.0. The van der Waals surface area contributed by atoms with Crippen molar-refractivity contribution in [3.63, 3.8) is 0 Å². The summed E-state index contributed by atoms with van der Waals surface area (Å²) < 4.78 is 39.8. The summed E-state index contributed by atoms with van der Waals surface area (Å²) in [5.41, 5.74) is 1.02. The van der Waals surface area contributed by atoms with E-state index in [1.54, 1.807) is 10.4 Å². The second-order valence-electron chi connectivity index (χ2n) is 5.62. The minimum absolute atomic E-state index is 0.247. The highest BCUT2D eigenvalue weighted by molar-refractivity contribution is 9.13. The molecule has 0 amide bonds. The molecule has 4 rings (SSSR count). The van der Waals surface area contributed by atoms with Gasteiger partial charge in [-0.2, -0.15) is 4.31 Å². The van der Waals surface area contributed by atoms with Crippen LogP contribution in [0, 0.1) is 0 Å². The molecule has 0 saturated carbocycles. The fraction of sp³-hybridized carbons (Fsp3) is 0.333. The SMILES string of the molecule is O=S(=O)(c1cc(Br)c(Br)s1)N1CCN(c2ccc3c(c2)OCO3)CC1. The molecule has 0 atom stereocenters. The van der Waals surface area contributed by atoms with Gasteiger partial charge in [-0.25, -0.2) is 8.42 Å². The van der Waals surface area contributed by atoms with Crippen molar-refractivity contribution in [2.45, 2.75) is 4.21 Å². The van der Waals surface area contributed by atoms with Crippen LogP contribution >= 0.6 is 43.2 Å². The lowest BCUT2D eigenvalue weighted by molar-refractivity contribution is 0.174. The van der Waals surface area contributed by atoms with Crippen LogP contribution in [0.15, 0.2) is 36.7 Å². The van der Waals surface area contributed by atoms with E-state index >= 15 is 0 Å². The lowest BCUT2D eigenvalue weighted by atomic mass is 10.2. The number of sulfonamides is 1. The van der Waals surface area contributed by atoms with Crippen LogP contribution in [0.5, 0.6) is 11.5 Å². The van der Waals surface area contributed by atoms with Gasteiger partial charge in [0.15, 0.2) is 11.5 Å². The zero-order valence-electron chi connectivity index (χ0n) is 12.9. The Morgan fingerprint density at radius 3 is 2.40 bits per heavy atom. The van der Waals surface area contributed by atoms with Crippen LogP contribution in [0.4, 0.5) is 5.69 Å². The van der Waals surface area contributed by atoms with E-state index in [9.17, 15) is 8.42 Å². The number of hydrogen-bond donors (Lipinski definition) is 0. The fourth-order valence-electron chi connectivity index (χ4n) is 2.85. The predicted octanol–water partition coefficient (Wildman–Crippen LogP) is 3.51. The van der Waals surface area contributed by atoms with Crippen molar-refractivity contribution in [2.75, 3.05) is 37.9 Å². The third-order valence-corrected chi connectivity index (χ3v) is 9.78. The van der Waals surface area contributed by atoms with Gasteiger partial charge < -0.3 is 14.4 Å². The Morgan fingerprint density at radius 1 is 1.00 bits per heavy atom. The van der Waals surface area contributed by atoms with E-state index in [4.69, 9.17) is 9.47 Å². The molecule has 2 aliphatic heterocycles. The summed E-state index contributed by atoms with van der Waals surface area (Å²) >= 11 is 7.92. The van der Waals surface area contributed by atoms with Crippen LogP contribution in [0.25, 0.3) is 0 Å². The molecule has 0 unspecified atom stereocenters. The van der Waals surface area contributed by atoms with E-state index in [0.717, 1.165) is 25.4 Å². The first-order valence-corrected chi connectivity index (χ1v) is 11.4. The Kier molecular flexibility index (Phi) is 4.74. The van der Waals surface area contributed by atoms with Crippen LogP contribution < -0.4 is 14.4 Å². The Balaban J connectivity index is 1.48. The third kappa shape index (κ3) is 3.30. The van der Waals surface area contributed by atoms with Gasteiger partial charge in [-0.05, 0) is 50.1 Å². The number of anilines is 1. The molecule has 134 valence electrons. The Labute approximate surface area is 166 Å². The quantitative estimate of drug-likeness (QED) is 0.633. The number of ether oxygens (including phenoxy) is 2. The molecule has 0 N–H and O–H groups in total. The zero-order chi connectivity index (χ0) is 17.6. The average Bonchev–Trinajstić information content (AvgIpc) is 3.21. The highest BCUT2D eigenvalue weighted by Crippen LogP contribution is 2.38. The zero-order valence-corrected chi connectivity index (χ0v) is 17.7. The number of nitrogens with zero attached hydrogens (tertiary/aromatic N) is 2. The van der Waals surface area contributed by atoms with Gasteiger partial charge in [-0.1, -0.05) is 0 Å². The first-order valence-electron chi connectivity index (χ1n) is 7.55. The van der Waals surface area contributed by atoms with E-state index in [1.807, 2.05) is 18.2 Å². The van der Waals surface area contributed by atoms with Gasteiger partial charge in [0, 0.05) is 42.4 Å². The largest absolute Gasteiger partial charge is 0.454 e. The van der Waals surface area contributed by atoms with E-state index in [2.05, 4.69) is 36.8 Å². The second kappa shape index (κ2) is 6.73. The maximum atomic E-state index is 12.8. The summed E-state index contributed by atoms with van der Waals surface area (Å²) in [6.45, 7) is 2.41. The van der Waals surface area contributed by atoms with E-state index in [1.165, 1.54) is 11.3 Å². The van der Waals surface area contributed by atoms with Gasteiger partial charge in [0.05, 0.1) is 3.79 Å². The first kappa shape index (κ1) is 17.6. The highest BCUT2D eigenvalue weighted by atomic mass is 79.9. The van der Waals surface area contributed by atoms with Crippen LogP contribution in [0.3, 0.4) is 0 Å². The molecule has 25 heavy (non-hydrogen) atoms. The summed E-state index contributed by atoms with van der Waals surface area (Å²) in [6, 6.07) is 7.46. The smallest absolute Gasteiger partial charge is 0.252 e. The van der Waals surface area contributed by atoms with Crippen LogP contribution in [-0.2, 0) is 10.0 Å². The minimum Gasteiger partial charge on any atom is -0.454 e. The van der Waals surface area contributed by atoms with Gasteiger partial charge in [-0.3, -0.25) is 0 Å². The number of benzene rings is 1. The minimum atomic E-state index is -3.46. The van der Waals surface area contributed by atoms with Crippen molar-refractivity contribution >= 4 is 58.9 Å². The first-order chi connectivity index (χ1) is 11.9. The summed E-state index contributed by atoms with van der Waals surface area (Å²) in [6.07, 6.45) is 0. The molecule has 2 aromatic rings. The monoisotopic (exact) mass is 508 g/mol. The summed E-state index contributed by atoms with van der Waals surface area (Å²) in [5, 5.41) is 0. The molecular weight excluding hydrogens is 496 g/mol. The normalized spacial score (nSPS) is 17.9. The lowest BCUT2D eigenvalue weighted by Crippen LogP contribution is -2.48. The van der Waals surface area contributed by atoms with Crippen LogP contribution in [-0.4, -0.2) is 45.7 Å². The molecular formula is C15H14Br2N2O4S2. The molecule has 1 aromatic heterocycles. The molecule has 0 aliphatic carbocycles. The predicted molar refractivity (Wildman–Crippen MR) is 103 cm³/mol.